The van der Waals surface area contributed by atoms with Crippen molar-refractivity contribution in [3.63, 3.8) is 0 Å². The molecule has 1 N–H and O–H groups in total. The number of aryl methyl sites for hydroxylation is 1. The summed E-state index contributed by atoms with van der Waals surface area (Å²) < 4.78 is 7.57. The molecule has 4 rings (SSSR count). The largest absolute Gasteiger partial charge is 0.492 e. The van der Waals surface area contributed by atoms with Gasteiger partial charge in [0.1, 0.15) is 5.75 Å². The molecule has 2 amide bonds. The summed E-state index contributed by atoms with van der Waals surface area (Å²) in [5, 5.41) is 7.43. The van der Waals surface area contributed by atoms with E-state index >= 15 is 0 Å². The zero-order valence-electron chi connectivity index (χ0n) is 17.3. The zero-order valence-corrected chi connectivity index (χ0v) is 17.3. The number of hydrogen-bond acceptors (Lipinski definition) is 4. The fourth-order valence-corrected chi connectivity index (χ4v) is 4.20. The van der Waals surface area contributed by atoms with Crippen molar-refractivity contribution in [2.75, 3.05) is 13.2 Å². The summed E-state index contributed by atoms with van der Waals surface area (Å²) in [6.45, 7) is 3.90. The average molecular weight is 409 g/mol. The SMILES string of the molecule is CCn1cc(C(=O)N2CCC[C@@H]3NC(=O)c4ccccc4OCC/C=C/C[C@@H]32)cn1. The molecule has 0 bridgehead atoms. The van der Waals surface area contributed by atoms with Crippen LogP contribution in [0.3, 0.4) is 0 Å². The molecular weight excluding hydrogens is 380 g/mol. The van der Waals surface area contributed by atoms with Crippen molar-refractivity contribution < 1.29 is 14.3 Å². The average Bonchev–Trinajstić information content (AvgIpc) is 3.25. The van der Waals surface area contributed by atoms with Crippen LogP contribution in [-0.2, 0) is 6.54 Å². The fraction of sp³-hybridized carbons (Fsp3) is 0.435. The third kappa shape index (κ3) is 4.25. The highest BCUT2D eigenvalue weighted by Crippen LogP contribution is 2.25. The summed E-state index contributed by atoms with van der Waals surface area (Å²) in [7, 11) is 0. The summed E-state index contributed by atoms with van der Waals surface area (Å²) in [5.74, 6) is 0.414. The number of amides is 2. The molecule has 1 aromatic carbocycles. The Balaban J connectivity index is 1.61. The van der Waals surface area contributed by atoms with E-state index < -0.39 is 0 Å². The first-order valence-corrected chi connectivity index (χ1v) is 10.7. The zero-order chi connectivity index (χ0) is 20.9. The van der Waals surface area contributed by atoms with E-state index in [2.05, 4.69) is 22.6 Å². The molecule has 0 aliphatic carbocycles. The molecule has 7 heteroatoms. The summed E-state index contributed by atoms with van der Waals surface area (Å²) in [5.41, 5.74) is 1.13. The molecule has 2 aromatic rings. The lowest BCUT2D eigenvalue weighted by Crippen LogP contribution is -2.56. The normalized spacial score (nSPS) is 23.1. The van der Waals surface area contributed by atoms with Gasteiger partial charge >= 0.3 is 0 Å². The Morgan fingerprint density at radius 1 is 1.30 bits per heavy atom. The van der Waals surface area contributed by atoms with Crippen LogP contribution in [0.25, 0.3) is 0 Å². The summed E-state index contributed by atoms with van der Waals surface area (Å²) >= 11 is 0. The molecule has 0 unspecified atom stereocenters. The van der Waals surface area contributed by atoms with Crippen LogP contribution >= 0.6 is 0 Å². The number of carbonyl (C=O) groups is 2. The second-order valence-corrected chi connectivity index (χ2v) is 7.71. The van der Waals surface area contributed by atoms with Crippen molar-refractivity contribution in [3.8, 4) is 5.75 Å². The number of fused-ring (bicyclic) bond motifs is 2. The van der Waals surface area contributed by atoms with Crippen LogP contribution in [0.1, 0.15) is 53.3 Å². The van der Waals surface area contributed by atoms with Crippen molar-refractivity contribution in [1.82, 2.24) is 20.0 Å². The number of aromatic nitrogens is 2. The van der Waals surface area contributed by atoms with Gasteiger partial charge in [-0.15, -0.1) is 0 Å². The van der Waals surface area contributed by atoms with Crippen molar-refractivity contribution in [1.29, 1.82) is 0 Å². The van der Waals surface area contributed by atoms with E-state index in [9.17, 15) is 9.59 Å². The second kappa shape index (κ2) is 9.15. The standard InChI is InChI=1S/C23H28N4O3/c1-2-26-16-17(15-24-26)23(29)27-13-8-10-19-20(27)11-4-3-7-14-30-21-12-6-5-9-18(21)22(28)25-19/h3-6,9,12,15-16,19-20H,2,7-8,10-11,13-14H2,1H3,(H,25,28)/b4-3+/t19-,20-/m0/s1. The van der Waals surface area contributed by atoms with Crippen molar-refractivity contribution in [3.05, 3.63) is 59.9 Å². The van der Waals surface area contributed by atoms with Crippen LogP contribution in [0.2, 0.25) is 0 Å². The van der Waals surface area contributed by atoms with Crippen molar-refractivity contribution >= 4 is 11.8 Å². The molecule has 1 fully saturated rings. The van der Waals surface area contributed by atoms with Gasteiger partial charge in [-0.3, -0.25) is 14.3 Å². The van der Waals surface area contributed by atoms with E-state index in [1.807, 2.05) is 30.0 Å². The first-order valence-electron chi connectivity index (χ1n) is 10.7. The number of likely N-dealkylation sites (tertiary alicyclic amines) is 1. The number of ether oxygens (including phenoxy) is 1. The maximum Gasteiger partial charge on any atom is 0.257 e. The molecule has 7 nitrogen and oxygen atoms in total. The minimum absolute atomic E-state index is 0.0251. The molecular formula is C23H28N4O3. The number of nitrogens with one attached hydrogen (secondary N) is 1. The van der Waals surface area contributed by atoms with Crippen LogP contribution < -0.4 is 10.1 Å². The first-order chi connectivity index (χ1) is 14.7. The van der Waals surface area contributed by atoms with Gasteiger partial charge in [0.05, 0.1) is 30.0 Å². The number of para-hydroxylation sites is 1. The van der Waals surface area contributed by atoms with Crippen LogP contribution in [-0.4, -0.2) is 51.7 Å². The minimum Gasteiger partial charge on any atom is -0.492 e. The Bertz CT molecular complexity index is 936. The lowest BCUT2D eigenvalue weighted by atomic mass is 9.92. The van der Waals surface area contributed by atoms with E-state index in [1.165, 1.54) is 0 Å². The van der Waals surface area contributed by atoms with Crippen LogP contribution in [0.15, 0.2) is 48.8 Å². The van der Waals surface area contributed by atoms with Crippen LogP contribution in [0.4, 0.5) is 0 Å². The molecule has 2 aliphatic rings. The summed E-state index contributed by atoms with van der Waals surface area (Å²) in [6.07, 6.45) is 10.8. The first kappa shape index (κ1) is 20.2. The van der Waals surface area contributed by atoms with E-state index in [1.54, 1.807) is 23.1 Å². The van der Waals surface area contributed by atoms with Gasteiger partial charge in [0.25, 0.3) is 11.8 Å². The Hall–Kier alpha value is -3.09. The third-order valence-electron chi connectivity index (χ3n) is 5.78. The molecule has 3 heterocycles. The molecule has 2 aliphatic heterocycles. The number of carbonyl (C=O) groups excluding carboxylic acids is 2. The Kier molecular flexibility index (Phi) is 6.16. The number of hydrogen-bond donors (Lipinski definition) is 1. The predicted octanol–water partition coefficient (Wildman–Crippen LogP) is 3.04. The number of piperidine rings is 1. The lowest BCUT2D eigenvalue weighted by Gasteiger charge is -2.41. The van der Waals surface area contributed by atoms with E-state index in [-0.39, 0.29) is 23.9 Å². The van der Waals surface area contributed by atoms with E-state index in [4.69, 9.17) is 4.74 Å². The Morgan fingerprint density at radius 3 is 3.00 bits per heavy atom. The van der Waals surface area contributed by atoms with E-state index in [0.717, 1.165) is 25.8 Å². The maximum atomic E-state index is 13.3. The number of rotatable bonds is 2. The molecule has 1 aromatic heterocycles. The smallest absolute Gasteiger partial charge is 0.257 e. The molecule has 30 heavy (non-hydrogen) atoms. The van der Waals surface area contributed by atoms with Gasteiger partial charge in [-0.05, 0) is 44.7 Å². The van der Waals surface area contributed by atoms with Crippen LogP contribution in [0.5, 0.6) is 5.75 Å². The predicted molar refractivity (Wildman–Crippen MR) is 114 cm³/mol. The van der Waals surface area contributed by atoms with Gasteiger partial charge in [0.15, 0.2) is 0 Å². The number of nitrogens with zero attached hydrogens (tertiary/aromatic N) is 3. The number of benzene rings is 1. The van der Waals surface area contributed by atoms with Gasteiger partial charge in [-0.25, -0.2) is 0 Å². The highest BCUT2D eigenvalue weighted by molar-refractivity contribution is 5.97. The van der Waals surface area contributed by atoms with Gasteiger partial charge in [0, 0.05) is 25.3 Å². The van der Waals surface area contributed by atoms with Gasteiger partial charge in [-0.2, -0.15) is 5.10 Å². The fourth-order valence-electron chi connectivity index (χ4n) is 4.20. The van der Waals surface area contributed by atoms with Gasteiger partial charge in [0.2, 0.25) is 0 Å². The minimum atomic E-state index is -0.154. The Labute approximate surface area is 176 Å². The van der Waals surface area contributed by atoms with Crippen molar-refractivity contribution in [2.24, 2.45) is 0 Å². The monoisotopic (exact) mass is 408 g/mol. The third-order valence-corrected chi connectivity index (χ3v) is 5.78. The molecule has 0 spiro atoms. The molecule has 0 saturated carbocycles. The molecule has 1 saturated heterocycles. The quantitative estimate of drug-likeness (QED) is 0.775. The summed E-state index contributed by atoms with van der Waals surface area (Å²) in [4.78, 5) is 28.2. The maximum absolute atomic E-state index is 13.3. The Morgan fingerprint density at radius 2 is 2.17 bits per heavy atom. The molecule has 2 atom stereocenters. The highest BCUT2D eigenvalue weighted by atomic mass is 16.5. The topological polar surface area (TPSA) is 76.5 Å². The van der Waals surface area contributed by atoms with E-state index in [0.29, 0.717) is 36.4 Å². The van der Waals surface area contributed by atoms with Gasteiger partial charge < -0.3 is 15.0 Å². The second-order valence-electron chi connectivity index (χ2n) is 7.71. The molecule has 158 valence electrons. The van der Waals surface area contributed by atoms with Crippen LogP contribution in [0, 0.1) is 0 Å². The highest BCUT2D eigenvalue weighted by Gasteiger charge is 2.35. The van der Waals surface area contributed by atoms with Crippen molar-refractivity contribution in [2.45, 2.75) is 51.2 Å². The summed E-state index contributed by atoms with van der Waals surface area (Å²) in [6, 6.07) is 7.11. The molecule has 0 radical (unpaired) electrons. The lowest BCUT2D eigenvalue weighted by molar-refractivity contribution is 0.0531. The van der Waals surface area contributed by atoms with Gasteiger partial charge in [-0.1, -0.05) is 24.3 Å².